The average molecular weight is 238 g/mol. The summed E-state index contributed by atoms with van der Waals surface area (Å²) >= 11 is 0. The lowest BCUT2D eigenvalue weighted by molar-refractivity contribution is 0.279. The molecule has 1 aromatic heterocycles. The fourth-order valence-corrected chi connectivity index (χ4v) is 3.11. The van der Waals surface area contributed by atoms with E-state index >= 15 is 0 Å². The molecule has 3 rings (SSSR count). The normalized spacial score (nSPS) is 26.9. The average Bonchev–Trinajstić information content (AvgIpc) is 2.47. The third kappa shape index (κ3) is 2.19. The molecule has 0 bridgehead atoms. The van der Waals surface area contributed by atoms with Gasteiger partial charge in [-0.25, -0.2) is 0 Å². The molecule has 0 spiro atoms. The van der Waals surface area contributed by atoms with E-state index in [4.69, 9.17) is 6.42 Å². The quantitative estimate of drug-likeness (QED) is 0.760. The van der Waals surface area contributed by atoms with E-state index in [1.165, 1.54) is 30.5 Å². The van der Waals surface area contributed by atoms with Gasteiger partial charge in [0.1, 0.15) is 0 Å². The summed E-state index contributed by atoms with van der Waals surface area (Å²) in [7, 11) is 0. The van der Waals surface area contributed by atoms with Gasteiger partial charge >= 0.3 is 0 Å². The van der Waals surface area contributed by atoms with Crippen molar-refractivity contribution in [3.05, 3.63) is 35.7 Å². The molecule has 0 aromatic carbocycles. The molecule has 2 heteroatoms. The molecule has 1 saturated heterocycles. The molecular weight excluding hydrogens is 220 g/mol. The van der Waals surface area contributed by atoms with Crippen LogP contribution in [-0.4, -0.2) is 18.1 Å². The second-order valence-corrected chi connectivity index (χ2v) is 5.25. The maximum Gasteiger partial charge on any atom is 0.0432 e. The van der Waals surface area contributed by atoms with Crippen molar-refractivity contribution in [3.8, 4) is 12.3 Å². The predicted octanol–water partition coefficient (Wildman–Crippen LogP) is 2.47. The highest BCUT2D eigenvalue weighted by molar-refractivity contribution is 5.67. The zero-order valence-electron chi connectivity index (χ0n) is 10.5. The molecule has 0 saturated carbocycles. The zero-order valence-corrected chi connectivity index (χ0v) is 10.5. The van der Waals surface area contributed by atoms with Crippen molar-refractivity contribution in [3.63, 3.8) is 0 Å². The fourth-order valence-electron chi connectivity index (χ4n) is 3.11. The molecule has 2 atom stereocenters. The summed E-state index contributed by atoms with van der Waals surface area (Å²) in [6.45, 7) is 2.30. The number of allylic oxidation sites excluding steroid dienone is 1. The van der Waals surface area contributed by atoms with E-state index in [0.717, 1.165) is 24.4 Å². The zero-order chi connectivity index (χ0) is 12.4. The summed E-state index contributed by atoms with van der Waals surface area (Å²) in [5, 5.41) is 3.49. The largest absolute Gasteiger partial charge is 0.316 e. The van der Waals surface area contributed by atoms with Crippen LogP contribution < -0.4 is 5.32 Å². The predicted molar refractivity (Wildman–Crippen MR) is 73.8 cm³/mol. The van der Waals surface area contributed by atoms with Gasteiger partial charge in [0.2, 0.25) is 0 Å². The van der Waals surface area contributed by atoms with Crippen molar-refractivity contribution in [2.45, 2.75) is 19.3 Å². The molecule has 2 nitrogen and oxygen atoms in total. The van der Waals surface area contributed by atoms with Crippen molar-refractivity contribution in [1.82, 2.24) is 10.3 Å². The van der Waals surface area contributed by atoms with E-state index in [9.17, 15) is 0 Å². The van der Waals surface area contributed by atoms with Crippen LogP contribution in [0.5, 0.6) is 0 Å². The molecule has 2 unspecified atom stereocenters. The molecule has 92 valence electrons. The number of rotatable bonds is 1. The number of aromatic nitrogens is 1. The van der Waals surface area contributed by atoms with E-state index in [1.807, 2.05) is 6.20 Å². The Balaban J connectivity index is 1.88. The minimum absolute atomic E-state index is 0.692. The molecule has 0 radical (unpaired) electrons. The number of pyridine rings is 1. The van der Waals surface area contributed by atoms with Gasteiger partial charge < -0.3 is 5.32 Å². The van der Waals surface area contributed by atoms with Gasteiger partial charge in [0.25, 0.3) is 0 Å². The molecule has 18 heavy (non-hydrogen) atoms. The van der Waals surface area contributed by atoms with Crippen LogP contribution in [0.15, 0.2) is 24.5 Å². The molecule has 0 amide bonds. The molecule has 2 heterocycles. The second-order valence-electron chi connectivity index (χ2n) is 5.25. The van der Waals surface area contributed by atoms with E-state index in [1.54, 1.807) is 6.20 Å². The lowest BCUT2D eigenvalue weighted by Crippen LogP contribution is -2.37. The van der Waals surface area contributed by atoms with Gasteiger partial charge in [-0.1, -0.05) is 12.0 Å². The number of hydrogen-bond acceptors (Lipinski definition) is 2. The van der Waals surface area contributed by atoms with Gasteiger partial charge in [0.05, 0.1) is 0 Å². The van der Waals surface area contributed by atoms with Crippen molar-refractivity contribution in [1.29, 1.82) is 0 Å². The Hall–Kier alpha value is -1.59. The molecule has 1 aliphatic heterocycles. The summed E-state index contributed by atoms with van der Waals surface area (Å²) in [5.74, 6) is 4.23. The van der Waals surface area contributed by atoms with Crippen LogP contribution in [-0.2, 0) is 0 Å². The first kappa shape index (κ1) is 11.5. The van der Waals surface area contributed by atoms with Crippen LogP contribution in [0.25, 0.3) is 5.57 Å². The summed E-state index contributed by atoms with van der Waals surface area (Å²) < 4.78 is 0. The summed E-state index contributed by atoms with van der Waals surface area (Å²) in [5.41, 5.74) is 3.50. The smallest absolute Gasteiger partial charge is 0.0432 e. The number of nitrogens with one attached hydrogen (secondary N) is 1. The molecule has 2 aliphatic rings. The Labute approximate surface area is 109 Å². The van der Waals surface area contributed by atoms with Gasteiger partial charge in [-0.3, -0.25) is 4.98 Å². The number of hydrogen-bond donors (Lipinski definition) is 1. The van der Waals surface area contributed by atoms with Gasteiger partial charge in [-0.15, -0.1) is 6.42 Å². The number of fused-ring (bicyclic) bond motifs is 1. The van der Waals surface area contributed by atoms with Gasteiger partial charge in [0.15, 0.2) is 0 Å². The van der Waals surface area contributed by atoms with Crippen LogP contribution in [0.4, 0.5) is 0 Å². The van der Waals surface area contributed by atoms with Crippen molar-refractivity contribution >= 4 is 5.57 Å². The van der Waals surface area contributed by atoms with E-state index < -0.39 is 0 Å². The van der Waals surface area contributed by atoms with Crippen molar-refractivity contribution in [2.24, 2.45) is 11.8 Å². The van der Waals surface area contributed by atoms with Gasteiger partial charge in [-0.05, 0) is 54.8 Å². The fraction of sp³-hybridized carbons (Fsp3) is 0.438. The van der Waals surface area contributed by atoms with Crippen LogP contribution >= 0.6 is 0 Å². The third-order valence-corrected chi connectivity index (χ3v) is 4.15. The standard InChI is InChI=1S/C16H18N2/c1-2-12-7-15(11-18-9-12)14-4-3-13-5-6-17-10-16(13)8-14/h1,7-9,11,13,16-17H,3-6,10H2. The maximum absolute atomic E-state index is 5.43. The van der Waals surface area contributed by atoms with Crippen LogP contribution in [0.1, 0.15) is 30.4 Å². The third-order valence-electron chi connectivity index (χ3n) is 4.15. The highest BCUT2D eigenvalue weighted by Gasteiger charge is 2.27. The summed E-state index contributed by atoms with van der Waals surface area (Å²) in [4.78, 5) is 4.24. The van der Waals surface area contributed by atoms with Crippen LogP contribution in [0.3, 0.4) is 0 Å². The van der Waals surface area contributed by atoms with E-state index in [0.29, 0.717) is 5.92 Å². The number of piperidine rings is 1. The first-order valence-electron chi connectivity index (χ1n) is 6.70. The Morgan fingerprint density at radius 2 is 2.28 bits per heavy atom. The summed E-state index contributed by atoms with van der Waals surface area (Å²) in [6, 6.07) is 2.08. The molecule has 1 aliphatic carbocycles. The van der Waals surface area contributed by atoms with Crippen molar-refractivity contribution < 1.29 is 0 Å². The first-order chi connectivity index (χ1) is 8.86. The second kappa shape index (κ2) is 4.96. The van der Waals surface area contributed by atoms with Crippen LogP contribution in [0.2, 0.25) is 0 Å². The van der Waals surface area contributed by atoms with Gasteiger partial charge in [0, 0.05) is 24.5 Å². The minimum atomic E-state index is 0.692. The van der Waals surface area contributed by atoms with E-state index in [-0.39, 0.29) is 0 Å². The number of terminal acetylenes is 1. The monoisotopic (exact) mass is 238 g/mol. The molecule has 1 N–H and O–H groups in total. The number of nitrogens with zero attached hydrogens (tertiary/aromatic N) is 1. The lowest BCUT2D eigenvalue weighted by Gasteiger charge is -2.34. The molecule has 1 fully saturated rings. The van der Waals surface area contributed by atoms with Crippen molar-refractivity contribution in [2.75, 3.05) is 13.1 Å². The highest BCUT2D eigenvalue weighted by atomic mass is 14.9. The molecule has 1 aromatic rings. The summed E-state index contributed by atoms with van der Waals surface area (Å²) in [6.07, 6.45) is 15.3. The topological polar surface area (TPSA) is 24.9 Å². The molecular formula is C16H18N2. The maximum atomic E-state index is 5.43. The van der Waals surface area contributed by atoms with Crippen LogP contribution in [0, 0.1) is 24.2 Å². The Morgan fingerprint density at radius 1 is 1.33 bits per heavy atom. The SMILES string of the molecule is C#Cc1cncc(C2=CC3CNCCC3CC2)c1. The Kier molecular flexibility index (Phi) is 3.17. The Morgan fingerprint density at radius 3 is 3.17 bits per heavy atom. The van der Waals surface area contributed by atoms with E-state index in [2.05, 4.69) is 28.4 Å². The first-order valence-corrected chi connectivity index (χ1v) is 6.70. The minimum Gasteiger partial charge on any atom is -0.316 e. The lowest BCUT2D eigenvalue weighted by atomic mass is 9.76. The highest BCUT2D eigenvalue weighted by Crippen LogP contribution is 2.36. The Bertz CT molecular complexity index is 510. The van der Waals surface area contributed by atoms with Gasteiger partial charge in [-0.2, -0.15) is 0 Å².